The second-order valence-corrected chi connectivity index (χ2v) is 9.16. The van der Waals surface area contributed by atoms with Crippen molar-refractivity contribution in [2.45, 2.75) is 12.5 Å². The molecule has 3 N–H and O–H groups in total. The van der Waals surface area contributed by atoms with Gasteiger partial charge in [-0.05, 0) is 54.1 Å². The van der Waals surface area contributed by atoms with Gasteiger partial charge in [-0.1, -0.05) is 30.3 Å². The minimum atomic E-state index is -0.268. The van der Waals surface area contributed by atoms with Crippen LogP contribution < -0.4 is 20.9 Å². The number of carbonyl (C=O) groups is 1. The fourth-order valence-electron chi connectivity index (χ4n) is 4.70. The molecule has 1 atom stereocenters. The molecular formula is C29H28N6O2. The van der Waals surface area contributed by atoms with E-state index in [1.54, 1.807) is 6.20 Å². The number of hydrogen-bond donors (Lipinski definition) is 3. The van der Waals surface area contributed by atoms with Crippen LogP contribution in [0.1, 0.15) is 5.56 Å². The van der Waals surface area contributed by atoms with Crippen LogP contribution in [0, 0.1) is 0 Å². The van der Waals surface area contributed by atoms with Gasteiger partial charge in [-0.3, -0.25) is 4.79 Å². The van der Waals surface area contributed by atoms with Crippen molar-refractivity contribution in [2.24, 2.45) is 0 Å². The van der Waals surface area contributed by atoms with Crippen molar-refractivity contribution in [1.82, 2.24) is 9.97 Å². The molecule has 8 nitrogen and oxygen atoms in total. The van der Waals surface area contributed by atoms with Gasteiger partial charge in [-0.15, -0.1) is 0 Å². The predicted molar refractivity (Wildman–Crippen MR) is 146 cm³/mol. The summed E-state index contributed by atoms with van der Waals surface area (Å²) in [6.45, 7) is 3.35. The Labute approximate surface area is 215 Å². The first-order valence-corrected chi connectivity index (χ1v) is 12.5. The summed E-state index contributed by atoms with van der Waals surface area (Å²) in [5.74, 6) is 0.484. The highest BCUT2D eigenvalue weighted by atomic mass is 16.5. The minimum absolute atomic E-state index is 0.0443. The number of anilines is 5. The maximum absolute atomic E-state index is 12.8. The Balaban J connectivity index is 1.08. The van der Waals surface area contributed by atoms with E-state index in [0.717, 1.165) is 54.6 Å². The summed E-state index contributed by atoms with van der Waals surface area (Å²) < 4.78 is 5.44. The lowest BCUT2D eigenvalue weighted by Gasteiger charge is -2.28. The molecule has 0 aliphatic carbocycles. The standard InChI is InChI=1S/C29H28N6O2/c36-28(27-19-21-3-1-2-4-25(21)33-27)31-22-7-5-20(6-8-22)26-13-14-30-29(34-26)32-23-9-11-24(12-10-23)35-15-17-37-18-16-35/h1-14,27,33H,15-19H2,(H,31,36)(H,30,32,34). The lowest BCUT2D eigenvalue weighted by molar-refractivity contribution is -0.116. The van der Waals surface area contributed by atoms with E-state index in [9.17, 15) is 4.79 Å². The van der Waals surface area contributed by atoms with Gasteiger partial charge in [0.2, 0.25) is 11.9 Å². The van der Waals surface area contributed by atoms with Crippen LogP contribution in [0.15, 0.2) is 85.1 Å². The summed E-state index contributed by atoms with van der Waals surface area (Å²) in [5.41, 5.74) is 6.79. The first-order chi connectivity index (χ1) is 18.2. The van der Waals surface area contributed by atoms with E-state index in [1.165, 1.54) is 11.3 Å². The third-order valence-electron chi connectivity index (χ3n) is 6.69. The van der Waals surface area contributed by atoms with E-state index < -0.39 is 0 Å². The number of carbonyl (C=O) groups excluding carboxylic acids is 1. The number of morpholine rings is 1. The zero-order valence-corrected chi connectivity index (χ0v) is 20.4. The molecule has 1 fully saturated rings. The number of rotatable bonds is 6. The van der Waals surface area contributed by atoms with Crippen molar-refractivity contribution in [2.75, 3.05) is 47.2 Å². The molecule has 37 heavy (non-hydrogen) atoms. The second kappa shape index (κ2) is 10.3. The summed E-state index contributed by atoms with van der Waals surface area (Å²) in [7, 11) is 0. The highest BCUT2D eigenvalue weighted by molar-refractivity contribution is 5.98. The molecule has 8 heteroatoms. The second-order valence-electron chi connectivity index (χ2n) is 9.16. The molecule has 2 aliphatic heterocycles. The Kier molecular flexibility index (Phi) is 6.39. The van der Waals surface area contributed by atoms with E-state index in [0.29, 0.717) is 12.4 Å². The summed E-state index contributed by atoms with van der Waals surface area (Å²) in [5, 5.41) is 9.60. The Morgan fingerprint density at radius 3 is 2.46 bits per heavy atom. The van der Waals surface area contributed by atoms with Gasteiger partial charge in [-0.2, -0.15) is 0 Å². The van der Waals surface area contributed by atoms with Gasteiger partial charge in [0.05, 0.1) is 18.9 Å². The van der Waals surface area contributed by atoms with Crippen LogP contribution in [0.25, 0.3) is 11.3 Å². The molecule has 1 unspecified atom stereocenters. The van der Waals surface area contributed by atoms with Crippen LogP contribution in [0.4, 0.5) is 28.7 Å². The minimum Gasteiger partial charge on any atom is -0.378 e. The van der Waals surface area contributed by atoms with Crippen LogP contribution in [0.3, 0.4) is 0 Å². The summed E-state index contributed by atoms with van der Waals surface area (Å²) in [6, 6.07) is 25.6. The fraction of sp³-hybridized carbons (Fsp3) is 0.207. The Morgan fingerprint density at radius 2 is 1.68 bits per heavy atom. The number of nitrogens with one attached hydrogen (secondary N) is 3. The molecule has 1 amide bonds. The van der Waals surface area contributed by atoms with Crippen molar-refractivity contribution in [3.8, 4) is 11.3 Å². The number of amides is 1. The Bertz CT molecular complexity index is 1360. The Hall–Kier alpha value is -4.43. The monoisotopic (exact) mass is 492 g/mol. The molecule has 0 radical (unpaired) electrons. The number of aromatic nitrogens is 2. The van der Waals surface area contributed by atoms with Gasteiger partial charge in [-0.25, -0.2) is 9.97 Å². The molecule has 186 valence electrons. The topological polar surface area (TPSA) is 91.4 Å². The number of benzene rings is 3. The highest BCUT2D eigenvalue weighted by Crippen LogP contribution is 2.27. The molecule has 4 aromatic rings. The largest absolute Gasteiger partial charge is 0.378 e. The third kappa shape index (κ3) is 5.24. The zero-order chi connectivity index (χ0) is 25.0. The molecule has 2 aliphatic rings. The average Bonchev–Trinajstić information content (AvgIpc) is 3.39. The first kappa shape index (κ1) is 23.0. The van der Waals surface area contributed by atoms with Gasteiger partial charge in [0.25, 0.3) is 0 Å². The highest BCUT2D eigenvalue weighted by Gasteiger charge is 2.26. The molecule has 3 heterocycles. The number of para-hydroxylation sites is 1. The number of fused-ring (bicyclic) bond motifs is 1. The number of nitrogens with zero attached hydrogens (tertiary/aromatic N) is 3. The smallest absolute Gasteiger partial charge is 0.247 e. The maximum Gasteiger partial charge on any atom is 0.247 e. The molecule has 0 spiro atoms. The summed E-state index contributed by atoms with van der Waals surface area (Å²) in [6.07, 6.45) is 2.43. The lowest BCUT2D eigenvalue weighted by atomic mass is 10.1. The van der Waals surface area contributed by atoms with E-state index >= 15 is 0 Å². The lowest BCUT2D eigenvalue weighted by Crippen LogP contribution is -2.36. The molecule has 6 rings (SSSR count). The van der Waals surface area contributed by atoms with Gasteiger partial charge in [0.15, 0.2) is 0 Å². The summed E-state index contributed by atoms with van der Waals surface area (Å²) >= 11 is 0. The molecular weight excluding hydrogens is 464 g/mol. The van der Waals surface area contributed by atoms with Crippen LogP contribution in [0.5, 0.6) is 0 Å². The fourth-order valence-corrected chi connectivity index (χ4v) is 4.70. The van der Waals surface area contributed by atoms with Gasteiger partial charge < -0.3 is 25.6 Å². The third-order valence-corrected chi connectivity index (χ3v) is 6.69. The molecule has 1 saturated heterocycles. The van der Waals surface area contributed by atoms with Crippen LogP contribution >= 0.6 is 0 Å². The van der Waals surface area contributed by atoms with Crippen molar-refractivity contribution in [3.63, 3.8) is 0 Å². The van der Waals surface area contributed by atoms with E-state index in [1.807, 2.05) is 60.7 Å². The maximum atomic E-state index is 12.8. The van der Waals surface area contributed by atoms with E-state index in [-0.39, 0.29) is 11.9 Å². The molecule has 3 aromatic carbocycles. The SMILES string of the molecule is O=C(Nc1ccc(-c2ccnc(Nc3ccc(N4CCOCC4)cc3)n2)cc1)C1Cc2ccccc2N1. The van der Waals surface area contributed by atoms with Gasteiger partial charge >= 0.3 is 0 Å². The van der Waals surface area contributed by atoms with Crippen LogP contribution in [-0.4, -0.2) is 48.2 Å². The molecule has 1 aromatic heterocycles. The average molecular weight is 493 g/mol. The predicted octanol–water partition coefficient (Wildman–Crippen LogP) is 4.70. The van der Waals surface area contributed by atoms with Gasteiger partial charge in [0.1, 0.15) is 6.04 Å². The molecule has 0 bridgehead atoms. The van der Waals surface area contributed by atoms with Crippen molar-refractivity contribution < 1.29 is 9.53 Å². The van der Waals surface area contributed by atoms with Gasteiger partial charge in [0, 0.05) is 54.0 Å². The van der Waals surface area contributed by atoms with Crippen LogP contribution in [0.2, 0.25) is 0 Å². The first-order valence-electron chi connectivity index (χ1n) is 12.5. The van der Waals surface area contributed by atoms with E-state index in [2.05, 4.69) is 49.0 Å². The van der Waals surface area contributed by atoms with Crippen molar-refractivity contribution in [1.29, 1.82) is 0 Å². The van der Waals surface area contributed by atoms with Crippen molar-refractivity contribution in [3.05, 3.63) is 90.6 Å². The number of ether oxygens (including phenoxy) is 1. The molecule has 0 saturated carbocycles. The zero-order valence-electron chi connectivity index (χ0n) is 20.4. The quantitative estimate of drug-likeness (QED) is 0.359. The summed E-state index contributed by atoms with van der Waals surface area (Å²) in [4.78, 5) is 24.1. The van der Waals surface area contributed by atoms with Crippen molar-refractivity contribution >= 4 is 34.6 Å². The number of hydrogen-bond acceptors (Lipinski definition) is 7. The van der Waals surface area contributed by atoms with E-state index in [4.69, 9.17) is 4.74 Å². The Morgan fingerprint density at radius 1 is 0.919 bits per heavy atom. The van der Waals surface area contributed by atoms with Crippen LogP contribution in [-0.2, 0) is 16.0 Å². The normalized spacial score (nSPS) is 16.5.